The molecular formula is C13H9ClN3O3Rb. The summed E-state index contributed by atoms with van der Waals surface area (Å²) < 4.78 is 10.3. The molecule has 2 aromatic heterocycles. The monoisotopic (exact) mass is 375 g/mol. The quantitative estimate of drug-likeness (QED) is 0.584. The average Bonchev–Trinajstić information content (AvgIpc) is 3.06. The molecule has 0 aliphatic rings. The van der Waals surface area contributed by atoms with E-state index in [9.17, 15) is 4.79 Å². The van der Waals surface area contributed by atoms with Crippen molar-refractivity contribution in [2.75, 3.05) is 6.61 Å². The van der Waals surface area contributed by atoms with Crippen LogP contribution in [-0.2, 0) is 4.74 Å². The average molecular weight is 376 g/mol. The molecule has 102 valence electrons. The zero-order valence-corrected chi connectivity index (χ0v) is 17.1. The fraction of sp³-hybridized carbons (Fsp3) is 0.154. The summed E-state index contributed by atoms with van der Waals surface area (Å²) in [7, 11) is 0. The van der Waals surface area contributed by atoms with Gasteiger partial charge in [0, 0.05) is 16.8 Å². The van der Waals surface area contributed by atoms with Gasteiger partial charge in [0.2, 0.25) is 11.7 Å². The van der Waals surface area contributed by atoms with Crippen LogP contribution in [0.5, 0.6) is 0 Å². The maximum absolute atomic E-state index is 11.6. The Morgan fingerprint density at radius 2 is 2.24 bits per heavy atom. The number of oxazole rings is 1. The number of ether oxygens (including phenoxy) is 1. The normalized spacial score (nSPS) is 10.4. The second-order valence-electron chi connectivity index (χ2n) is 3.98. The van der Waals surface area contributed by atoms with Gasteiger partial charge in [-0.2, -0.15) is 0 Å². The molecule has 1 aromatic carbocycles. The van der Waals surface area contributed by atoms with Crippen LogP contribution in [0.2, 0.25) is 5.02 Å². The summed E-state index contributed by atoms with van der Waals surface area (Å²) in [5.74, 6) is -0.235. The van der Waals surface area contributed by atoms with Gasteiger partial charge >= 0.3 is 64.2 Å². The van der Waals surface area contributed by atoms with Crippen molar-refractivity contribution in [3.8, 4) is 11.5 Å². The molecular weight excluding hydrogens is 367 g/mol. The number of hydrogen-bond acceptors (Lipinski definition) is 5. The van der Waals surface area contributed by atoms with E-state index in [2.05, 4.69) is 15.2 Å². The maximum atomic E-state index is 11.6. The Labute approximate surface area is 174 Å². The van der Waals surface area contributed by atoms with Gasteiger partial charge in [-0.15, -0.1) is 5.52 Å². The van der Waals surface area contributed by atoms with E-state index in [1.54, 1.807) is 25.3 Å². The number of carbonyl (C=O) groups is 1. The zero-order valence-electron chi connectivity index (χ0n) is 11.5. The van der Waals surface area contributed by atoms with Crippen molar-refractivity contribution in [2.24, 2.45) is 0 Å². The van der Waals surface area contributed by atoms with Crippen LogP contribution in [0.25, 0.3) is 22.4 Å². The largest absolute Gasteiger partial charge is 1.00 e. The number of fused-ring (bicyclic) bond motifs is 1. The van der Waals surface area contributed by atoms with Crippen molar-refractivity contribution in [2.45, 2.75) is 6.92 Å². The Morgan fingerprint density at radius 3 is 3.00 bits per heavy atom. The number of carbonyl (C=O) groups excluding carboxylic acids is 1. The Bertz CT molecular complexity index is 784. The summed E-state index contributed by atoms with van der Waals surface area (Å²) in [5.41, 5.74) is 1.27. The van der Waals surface area contributed by atoms with Crippen molar-refractivity contribution in [1.82, 2.24) is 15.2 Å². The van der Waals surface area contributed by atoms with Gasteiger partial charge in [0.15, 0.2) is 0 Å². The predicted octanol–water partition coefficient (Wildman–Crippen LogP) is -0.319. The van der Waals surface area contributed by atoms with Crippen LogP contribution >= 0.6 is 11.6 Å². The summed E-state index contributed by atoms with van der Waals surface area (Å²) in [6.45, 7) is 1.99. The molecule has 0 saturated carbocycles. The molecule has 0 radical (unpaired) electrons. The molecule has 6 nitrogen and oxygen atoms in total. The van der Waals surface area contributed by atoms with Crippen molar-refractivity contribution in [3.05, 3.63) is 35.3 Å². The molecule has 0 unspecified atom stereocenters. The molecule has 8 heteroatoms. The van der Waals surface area contributed by atoms with Gasteiger partial charge in [-0.05, 0) is 18.4 Å². The molecule has 21 heavy (non-hydrogen) atoms. The van der Waals surface area contributed by atoms with Crippen LogP contribution < -0.4 is 63.3 Å². The van der Waals surface area contributed by atoms with E-state index < -0.39 is 5.97 Å². The van der Waals surface area contributed by atoms with Crippen LogP contribution in [-0.4, -0.2) is 22.7 Å². The minimum Gasteiger partial charge on any atom is -0.575 e. The van der Waals surface area contributed by atoms with E-state index >= 15 is 0 Å². The molecule has 0 saturated heterocycles. The number of aromatic nitrogens is 3. The summed E-state index contributed by atoms with van der Waals surface area (Å²) in [6, 6.07) is 3.39. The first-order chi connectivity index (χ1) is 9.69. The van der Waals surface area contributed by atoms with Crippen LogP contribution in [0.4, 0.5) is 0 Å². The summed E-state index contributed by atoms with van der Waals surface area (Å²) >= 11 is 6.02. The van der Waals surface area contributed by atoms with E-state index in [1.165, 1.54) is 6.20 Å². The fourth-order valence-corrected chi connectivity index (χ4v) is 2.06. The molecule has 0 bridgehead atoms. The van der Waals surface area contributed by atoms with Gasteiger partial charge in [0.1, 0.15) is 0 Å². The first-order valence-electron chi connectivity index (χ1n) is 5.90. The fourth-order valence-electron chi connectivity index (χ4n) is 1.84. The van der Waals surface area contributed by atoms with E-state index in [0.29, 0.717) is 16.1 Å². The molecule has 0 atom stereocenters. The van der Waals surface area contributed by atoms with Gasteiger partial charge in [0.25, 0.3) is 0 Å². The third kappa shape index (κ3) is 3.45. The van der Waals surface area contributed by atoms with Crippen LogP contribution in [0.3, 0.4) is 0 Å². The number of halogens is 1. The molecule has 2 heterocycles. The Morgan fingerprint density at radius 1 is 1.43 bits per heavy atom. The number of benzene rings is 1. The number of rotatable bonds is 3. The van der Waals surface area contributed by atoms with E-state index in [4.69, 9.17) is 20.8 Å². The van der Waals surface area contributed by atoms with Gasteiger partial charge in [-0.1, -0.05) is 17.7 Å². The number of hydrogen-bond donors (Lipinski definition) is 0. The third-order valence-electron chi connectivity index (χ3n) is 2.69. The van der Waals surface area contributed by atoms with Crippen LogP contribution in [0.1, 0.15) is 17.5 Å². The second-order valence-corrected chi connectivity index (χ2v) is 4.42. The standard InChI is InChI=1S/C13H10ClN3O3.Rb/c1-2-19-13(18)11-6-15-12(20-11)8-3-7(14)4-10-9(8)5-16-17-10;/h3-6H,2H2,1H3,(H,15,16,17,18);/q;+1/p-1. The van der Waals surface area contributed by atoms with Crippen molar-refractivity contribution in [3.63, 3.8) is 0 Å². The Kier molecular flexibility index (Phi) is 5.73. The number of nitrogens with zero attached hydrogens (tertiary/aromatic N) is 3. The first-order valence-corrected chi connectivity index (χ1v) is 6.27. The number of esters is 1. The molecule has 0 aliphatic heterocycles. The summed E-state index contributed by atoms with van der Waals surface area (Å²) in [6.07, 6.45) is 2.92. The molecule has 3 rings (SSSR count). The second kappa shape index (κ2) is 7.15. The summed E-state index contributed by atoms with van der Waals surface area (Å²) in [5, 5.41) is 9.02. The molecule has 0 aliphatic carbocycles. The van der Waals surface area contributed by atoms with Crippen LogP contribution in [0.15, 0.2) is 28.9 Å². The molecule has 3 aromatic rings. The smallest absolute Gasteiger partial charge is 0.575 e. The minimum atomic E-state index is -0.553. The van der Waals surface area contributed by atoms with Gasteiger partial charge in [0.05, 0.1) is 12.8 Å². The van der Waals surface area contributed by atoms with Gasteiger partial charge < -0.3 is 19.4 Å². The molecule has 0 spiro atoms. The van der Waals surface area contributed by atoms with Crippen molar-refractivity contribution in [1.29, 1.82) is 0 Å². The Hall–Kier alpha value is -0.535. The molecule has 0 amide bonds. The Balaban J connectivity index is 0.00000161. The van der Waals surface area contributed by atoms with Crippen molar-refractivity contribution >= 4 is 28.5 Å². The van der Waals surface area contributed by atoms with Crippen LogP contribution in [0, 0.1) is 0 Å². The van der Waals surface area contributed by atoms with Gasteiger partial charge in [-0.25, -0.2) is 9.78 Å². The van der Waals surface area contributed by atoms with E-state index in [-0.39, 0.29) is 76.4 Å². The SMILES string of the molecule is CCOC(=O)c1cnc(-c2cc(Cl)cc3[n-]ncc23)o1.[Rb+]. The van der Waals surface area contributed by atoms with Gasteiger partial charge in [-0.3, -0.25) is 0 Å². The maximum Gasteiger partial charge on any atom is 1.00 e. The first kappa shape index (κ1) is 16.8. The summed E-state index contributed by atoms with van der Waals surface area (Å²) in [4.78, 5) is 15.6. The van der Waals surface area contributed by atoms with E-state index in [1.807, 2.05) is 0 Å². The third-order valence-corrected chi connectivity index (χ3v) is 2.91. The predicted molar refractivity (Wildman–Crippen MR) is 71.5 cm³/mol. The topological polar surface area (TPSA) is 79.3 Å². The molecule has 0 fully saturated rings. The van der Waals surface area contributed by atoms with Crippen molar-refractivity contribution < 1.29 is 72.1 Å². The zero-order chi connectivity index (χ0) is 14.1. The molecule has 0 N–H and O–H groups in total. The van der Waals surface area contributed by atoms with E-state index in [0.717, 1.165) is 5.39 Å². The minimum absolute atomic E-state index is 0.